The summed E-state index contributed by atoms with van der Waals surface area (Å²) in [5.41, 5.74) is 4.83. The van der Waals surface area contributed by atoms with Crippen LogP contribution in [0.15, 0.2) is 72.9 Å². The second-order valence-electron chi connectivity index (χ2n) is 7.85. The van der Waals surface area contributed by atoms with Crippen LogP contribution in [0.5, 0.6) is 0 Å². The van der Waals surface area contributed by atoms with Gasteiger partial charge >= 0.3 is 0 Å². The number of carbonyl (C=O) groups excluding carboxylic acids is 1. The van der Waals surface area contributed by atoms with E-state index in [1.165, 1.54) is 22.6 Å². The number of rotatable bonds is 3. The lowest BCUT2D eigenvalue weighted by Gasteiger charge is -2.46. The van der Waals surface area contributed by atoms with Crippen LogP contribution in [0, 0.1) is 0 Å². The molecule has 2 aliphatic heterocycles. The number of fused-ring (bicyclic) bond motifs is 4. The summed E-state index contributed by atoms with van der Waals surface area (Å²) >= 11 is 0. The molecule has 5 rings (SSSR count). The summed E-state index contributed by atoms with van der Waals surface area (Å²) in [6.45, 7) is 1.60. The number of likely N-dealkylation sites (tertiary alicyclic amines) is 1. The van der Waals surface area contributed by atoms with Crippen molar-refractivity contribution < 1.29 is 4.79 Å². The van der Waals surface area contributed by atoms with Crippen molar-refractivity contribution in [1.29, 1.82) is 0 Å². The first-order valence-corrected chi connectivity index (χ1v) is 10.1. The van der Waals surface area contributed by atoms with Gasteiger partial charge in [-0.25, -0.2) is 0 Å². The van der Waals surface area contributed by atoms with E-state index in [9.17, 15) is 4.79 Å². The highest BCUT2D eigenvalue weighted by Gasteiger charge is 2.42. The van der Waals surface area contributed by atoms with Crippen molar-refractivity contribution in [3.63, 3.8) is 0 Å². The highest BCUT2D eigenvalue weighted by atomic mass is 16.2. The average molecular weight is 371 g/mol. The van der Waals surface area contributed by atoms with E-state index >= 15 is 0 Å². The Bertz CT molecular complexity index is 984. The van der Waals surface area contributed by atoms with Crippen molar-refractivity contribution in [2.75, 3.05) is 18.4 Å². The Morgan fingerprint density at radius 2 is 1.68 bits per heavy atom. The van der Waals surface area contributed by atoms with Crippen molar-refractivity contribution >= 4 is 11.6 Å². The molecule has 1 amide bonds. The highest BCUT2D eigenvalue weighted by Crippen LogP contribution is 2.43. The molecule has 1 fully saturated rings. The van der Waals surface area contributed by atoms with Gasteiger partial charge in [-0.3, -0.25) is 4.79 Å². The molecule has 3 heterocycles. The fraction of sp³-hybridized carbons (Fsp3) is 0.292. The van der Waals surface area contributed by atoms with E-state index in [-0.39, 0.29) is 11.4 Å². The van der Waals surface area contributed by atoms with E-state index in [0.29, 0.717) is 6.42 Å². The Balaban J connectivity index is 1.29. The number of aryl methyl sites for hydroxylation is 1. The number of nitrogens with zero attached hydrogens (tertiary/aromatic N) is 2. The van der Waals surface area contributed by atoms with Crippen molar-refractivity contribution in [3.8, 4) is 5.69 Å². The van der Waals surface area contributed by atoms with E-state index in [0.717, 1.165) is 32.4 Å². The van der Waals surface area contributed by atoms with Crippen LogP contribution in [0.25, 0.3) is 5.69 Å². The normalized spacial score (nSPS) is 16.9. The van der Waals surface area contributed by atoms with Gasteiger partial charge in [0.15, 0.2) is 0 Å². The van der Waals surface area contributed by atoms with E-state index in [2.05, 4.69) is 64.6 Å². The molecule has 1 aromatic heterocycles. The summed E-state index contributed by atoms with van der Waals surface area (Å²) in [6, 6.07) is 23.1. The number of nitrogens with one attached hydrogen (secondary N) is 1. The minimum atomic E-state index is -0.0892. The molecule has 0 radical (unpaired) electrons. The van der Waals surface area contributed by atoms with Crippen LogP contribution in [0.1, 0.15) is 30.5 Å². The number of anilines is 1. The molecule has 0 bridgehead atoms. The lowest BCUT2D eigenvalue weighted by molar-refractivity contribution is -0.132. The molecular formula is C24H25N3O. The maximum absolute atomic E-state index is 12.7. The minimum Gasteiger partial charge on any atom is -0.372 e. The Labute approximate surface area is 165 Å². The first-order chi connectivity index (χ1) is 13.8. The van der Waals surface area contributed by atoms with E-state index in [1.54, 1.807) is 0 Å². The summed E-state index contributed by atoms with van der Waals surface area (Å²) in [5, 5.41) is 3.81. The van der Waals surface area contributed by atoms with E-state index in [4.69, 9.17) is 0 Å². The predicted molar refractivity (Wildman–Crippen MR) is 112 cm³/mol. The molecule has 3 aromatic rings. The standard InChI is InChI=1S/C24H25N3O/c28-23(13-12-19-7-2-1-3-8-19)26-17-14-24(15-18-26)22-11-6-16-27(22)21-10-5-4-9-20(21)25-24/h1-11,16,25H,12-15,17-18H2. The zero-order chi connectivity index (χ0) is 19.0. The van der Waals surface area contributed by atoms with Gasteiger partial charge in [-0.1, -0.05) is 42.5 Å². The third-order valence-electron chi connectivity index (χ3n) is 6.22. The van der Waals surface area contributed by atoms with Gasteiger partial charge < -0.3 is 14.8 Å². The summed E-state index contributed by atoms with van der Waals surface area (Å²) in [7, 11) is 0. The first kappa shape index (κ1) is 17.1. The van der Waals surface area contributed by atoms with Gasteiger partial charge in [-0.2, -0.15) is 0 Å². The van der Waals surface area contributed by atoms with Gasteiger partial charge in [0.05, 0.1) is 16.9 Å². The molecule has 0 atom stereocenters. The fourth-order valence-electron chi connectivity index (χ4n) is 4.67. The number of hydrogen-bond donors (Lipinski definition) is 1. The summed E-state index contributed by atoms with van der Waals surface area (Å²) < 4.78 is 2.30. The van der Waals surface area contributed by atoms with Crippen LogP contribution < -0.4 is 5.32 Å². The van der Waals surface area contributed by atoms with E-state index < -0.39 is 0 Å². The molecule has 0 aliphatic carbocycles. The summed E-state index contributed by atoms with van der Waals surface area (Å²) in [6.07, 6.45) is 5.42. The molecule has 2 aromatic carbocycles. The lowest BCUT2D eigenvalue weighted by atomic mass is 9.82. The first-order valence-electron chi connectivity index (χ1n) is 10.1. The lowest BCUT2D eigenvalue weighted by Crippen LogP contribution is -2.51. The second-order valence-corrected chi connectivity index (χ2v) is 7.85. The van der Waals surface area contributed by atoms with Crippen LogP contribution >= 0.6 is 0 Å². The molecule has 28 heavy (non-hydrogen) atoms. The molecule has 2 aliphatic rings. The van der Waals surface area contributed by atoms with Crippen LogP contribution in [-0.2, 0) is 16.8 Å². The summed E-state index contributed by atoms with van der Waals surface area (Å²) in [4.78, 5) is 14.8. The third-order valence-corrected chi connectivity index (χ3v) is 6.22. The Morgan fingerprint density at radius 3 is 2.50 bits per heavy atom. The number of hydrogen-bond acceptors (Lipinski definition) is 2. The molecule has 1 saturated heterocycles. The van der Waals surface area contributed by atoms with Crippen LogP contribution in [-0.4, -0.2) is 28.5 Å². The predicted octanol–water partition coefficient (Wildman–Crippen LogP) is 4.35. The van der Waals surface area contributed by atoms with Gasteiger partial charge in [-0.15, -0.1) is 0 Å². The molecule has 0 unspecified atom stereocenters. The zero-order valence-corrected chi connectivity index (χ0v) is 16.0. The Morgan fingerprint density at radius 1 is 0.929 bits per heavy atom. The number of amides is 1. The quantitative estimate of drug-likeness (QED) is 0.743. The van der Waals surface area contributed by atoms with Crippen LogP contribution in [0.2, 0.25) is 0 Å². The number of aromatic nitrogens is 1. The van der Waals surface area contributed by atoms with Crippen molar-refractivity contribution in [3.05, 3.63) is 84.2 Å². The van der Waals surface area contributed by atoms with Gasteiger partial charge in [0.2, 0.25) is 5.91 Å². The molecule has 0 saturated carbocycles. The maximum atomic E-state index is 12.7. The third kappa shape index (κ3) is 2.89. The topological polar surface area (TPSA) is 37.3 Å². The largest absolute Gasteiger partial charge is 0.372 e. The van der Waals surface area contributed by atoms with Gasteiger partial charge in [0, 0.05) is 31.4 Å². The smallest absolute Gasteiger partial charge is 0.222 e. The van der Waals surface area contributed by atoms with Crippen molar-refractivity contribution in [2.45, 2.75) is 31.2 Å². The minimum absolute atomic E-state index is 0.0892. The maximum Gasteiger partial charge on any atom is 0.222 e. The number of carbonyl (C=O) groups is 1. The second kappa shape index (κ2) is 6.86. The molecule has 1 N–H and O–H groups in total. The summed E-state index contributed by atoms with van der Waals surface area (Å²) in [5.74, 6) is 0.269. The SMILES string of the molecule is O=C(CCc1ccccc1)N1CCC2(CC1)Nc1ccccc1-n1cccc12. The van der Waals surface area contributed by atoms with E-state index in [1.807, 2.05) is 23.1 Å². The van der Waals surface area contributed by atoms with Gasteiger partial charge in [-0.05, 0) is 49.1 Å². The Kier molecular flexibility index (Phi) is 4.19. The molecule has 142 valence electrons. The monoisotopic (exact) mass is 371 g/mol. The molecule has 1 spiro atoms. The highest BCUT2D eigenvalue weighted by molar-refractivity contribution is 5.77. The molecule has 4 nitrogen and oxygen atoms in total. The molecular weight excluding hydrogens is 346 g/mol. The van der Waals surface area contributed by atoms with Crippen LogP contribution in [0.4, 0.5) is 5.69 Å². The number of para-hydroxylation sites is 2. The zero-order valence-electron chi connectivity index (χ0n) is 16.0. The fourth-order valence-corrected chi connectivity index (χ4v) is 4.67. The average Bonchev–Trinajstić information content (AvgIpc) is 3.25. The number of benzene rings is 2. The molecule has 4 heteroatoms. The number of piperidine rings is 1. The van der Waals surface area contributed by atoms with Gasteiger partial charge in [0.1, 0.15) is 0 Å². The van der Waals surface area contributed by atoms with Crippen molar-refractivity contribution in [2.24, 2.45) is 0 Å². The van der Waals surface area contributed by atoms with Gasteiger partial charge in [0.25, 0.3) is 0 Å². The Hall–Kier alpha value is -3.01. The van der Waals surface area contributed by atoms with Crippen molar-refractivity contribution in [1.82, 2.24) is 9.47 Å². The van der Waals surface area contributed by atoms with Crippen LogP contribution in [0.3, 0.4) is 0 Å².